The summed E-state index contributed by atoms with van der Waals surface area (Å²) in [6.07, 6.45) is 10.2. The quantitative estimate of drug-likeness (QED) is 0.198. The molecule has 0 aliphatic carbocycles. The number of aliphatic hydroxyl groups is 2. The number of allylic oxidation sites excluding steroid dienone is 3. The zero-order valence-corrected chi connectivity index (χ0v) is 23.6. The highest BCUT2D eigenvalue weighted by Crippen LogP contribution is 2.35. The summed E-state index contributed by atoms with van der Waals surface area (Å²) in [5.74, 6) is -1.06. The van der Waals surface area contributed by atoms with Crippen molar-refractivity contribution in [3.63, 3.8) is 0 Å². The summed E-state index contributed by atoms with van der Waals surface area (Å²) in [6.45, 7) is 12.3. The Kier molecular flexibility index (Phi) is 11.7. The number of epoxide rings is 1. The Morgan fingerprint density at radius 3 is 2.55 bits per heavy atom. The summed E-state index contributed by atoms with van der Waals surface area (Å²) in [4.78, 5) is 36.1. The number of carbonyl (C=O) groups excluding carboxylic acids is 3. The van der Waals surface area contributed by atoms with Crippen LogP contribution in [0.1, 0.15) is 67.7 Å². The minimum Gasteiger partial charge on any atom is -0.457 e. The van der Waals surface area contributed by atoms with E-state index < -0.39 is 35.9 Å². The number of aliphatic hydroxyl groups excluding tert-OH is 1. The van der Waals surface area contributed by atoms with Crippen molar-refractivity contribution in [2.24, 2.45) is 17.8 Å². The number of hydrogen-bond donors (Lipinski definition) is 2. The molecule has 2 N–H and O–H groups in total. The van der Waals surface area contributed by atoms with E-state index in [-0.39, 0.29) is 42.2 Å². The average Bonchev–Trinajstić information content (AvgIpc) is 3.60. The first-order valence-corrected chi connectivity index (χ1v) is 13.4. The highest BCUT2D eigenvalue weighted by atomic mass is 16.6. The van der Waals surface area contributed by atoms with Gasteiger partial charge in [0.15, 0.2) is 6.10 Å². The van der Waals surface area contributed by atoms with Gasteiger partial charge in [-0.05, 0) is 37.8 Å². The summed E-state index contributed by atoms with van der Waals surface area (Å²) >= 11 is 0. The third-order valence-corrected chi connectivity index (χ3v) is 7.05. The van der Waals surface area contributed by atoms with Crippen LogP contribution in [0.2, 0.25) is 0 Å². The predicted molar refractivity (Wildman–Crippen MR) is 144 cm³/mol. The molecule has 9 atom stereocenters. The lowest BCUT2D eigenvalue weighted by Crippen LogP contribution is -2.40. The number of carbonyl (C=O) groups is 3. The van der Waals surface area contributed by atoms with Crippen molar-refractivity contribution in [2.75, 3.05) is 0 Å². The number of rotatable bonds is 9. The Labute approximate surface area is 226 Å². The first-order valence-electron chi connectivity index (χ1n) is 13.4. The molecule has 0 unspecified atom stereocenters. The average molecular weight is 533 g/mol. The van der Waals surface area contributed by atoms with Crippen LogP contribution in [-0.4, -0.2) is 64.1 Å². The van der Waals surface area contributed by atoms with E-state index in [0.29, 0.717) is 6.42 Å². The summed E-state index contributed by atoms with van der Waals surface area (Å²) in [6, 6.07) is 0. The zero-order valence-electron chi connectivity index (χ0n) is 23.6. The Morgan fingerprint density at radius 1 is 1.24 bits per heavy atom. The van der Waals surface area contributed by atoms with Crippen molar-refractivity contribution in [3.8, 4) is 0 Å². The molecule has 1 saturated heterocycles. The van der Waals surface area contributed by atoms with Crippen LogP contribution in [0, 0.1) is 17.8 Å². The highest BCUT2D eigenvalue weighted by molar-refractivity contribution is 5.81. The predicted octanol–water partition coefficient (Wildman–Crippen LogP) is 4.01. The molecule has 0 amide bonds. The van der Waals surface area contributed by atoms with Crippen LogP contribution < -0.4 is 0 Å². The van der Waals surface area contributed by atoms with E-state index >= 15 is 0 Å². The van der Waals surface area contributed by atoms with Gasteiger partial charge >= 0.3 is 11.9 Å². The molecule has 2 aliphatic rings. The molecule has 0 bridgehead atoms. The summed E-state index contributed by atoms with van der Waals surface area (Å²) in [5, 5.41) is 21.1. The van der Waals surface area contributed by atoms with Gasteiger partial charge < -0.3 is 24.4 Å². The maximum atomic E-state index is 12.6. The Hall–Kier alpha value is -2.55. The van der Waals surface area contributed by atoms with Gasteiger partial charge in [-0.2, -0.15) is 0 Å². The standard InChI is InChI=1S/C30H44O8/c1-8-24(33)21(5)29-25(37-29)16-18(2)10-9-11-19(3)28-20(4)12-13-26(36-22(6)31)30(7,35)15-14-23(32)17-27(34)38-28/h9-15,18,20-21,23,25-26,28-29,32,35H,8,16-17H2,1-7H3/b10-9+,13-12+,15-14+,19-11+/t18-,20+,21-,23+,25+,26+,28-,29+,30+/m0/s1. The number of esters is 2. The van der Waals surface area contributed by atoms with E-state index in [1.54, 1.807) is 12.2 Å². The molecule has 0 spiro atoms. The number of ketones is 1. The molecule has 38 heavy (non-hydrogen) atoms. The number of ether oxygens (including phenoxy) is 3. The molecule has 2 heterocycles. The second-order valence-electron chi connectivity index (χ2n) is 10.8. The van der Waals surface area contributed by atoms with E-state index in [1.807, 2.05) is 39.8 Å². The molecule has 0 aromatic heterocycles. The molecule has 0 saturated carbocycles. The lowest BCUT2D eigenvalue weighted by Gasteiger charge is -2.29. The molecule has 2 rings (SSSR count). The van der Waals surface area contributed by atoms with Gasteiger partial charge in [0.2, 0.25) is 0 Å². The molecule has 212 valence electrons. The lowest BCUT2D eigenvalue weighted by molar-refractivity contribution is -0.152. The smallest absolute Gasteiger partial charge is 0.309 e. The van der Waals surface area contributed by atoms with Crippen LogP contribution in [-0.2, 0) is 28.6 Å². The van der Waals surface area contributed by atoms with Gasteiger partial charge in [-0.15, -0.1) is 0 Å². The van der Waals surface area contributed by atoms with Crippen LogP contribution in [0.25, 0.3) is 0 Å². The maximum absolute atomic E-state index is 12.6. The van der Waals surface area contributed by atoms with Crippen molar-refractivity contribution in [1.82, 2.24) is 0 Å². The SMILES string of the molecule is CCC(=O)[C@H](C)[C@H]1O[C@@H]1C[C@@H](C)/C=C/C=C(\C)[C@@H]1OC(=O)C[C@H](O)/C=C/[C@@](C)(O)[C@H](OC(C)=O)/C=C/[C@H]1C. The summed E-state index contributed by atoms with van der Waals surface area (Å²) in [7, 11) is 0. The third-order valence-electron chi connectivity index (χ3n) is 7.05. The van der Waals surface area contributed by atoms with E-state index in [1.165, 1.54) is 26.0 Å². The normalized spacial score (nSPS) is 35.8. The minimum atomic E-state index is -1.59. The van der Waals surface area contributed by atoms with Crippen LogP contribution in [0.15, 0.2) is 48.1 Å². The maximum Gasteiger partial charge on any atom is 0.309 e. The molecule has 8 heteroatoms. The Balaban J connectivity index is 2.14. The number of cyclic esters (lactones) is 1. The van der Waals surface area contributed by atoms with E-state index in [2.05, 4.69) is 13.0 Å². The van der Waals surface area contributed by atoms with Crippen LogP contribution >= 0.6 is 0 Å². The molecule has 0 radical (unpaired) electrons. The van der Waals surface area contributed by atoms with Crippen molar-refractivity contribution in [3.05, 3.63) is 48.1 Å². The number of Topliss-reactive ketones (excluding diaryl/α,β-unsaturated/α-hetero) is 1. The molecule has 0 aromatic rings. The van der Waals surface area contributed by atoms with Crippen LogP contribution in [0.4, 0.5) is 0 Å². The van der Waals surface area contributed by atoms with Gasteiger partial charge in [0.25, 0.3) is 0 Å². The second kappa shape index (κ2) is 14.0. The third kappa shape index (κ3) is 9.64. The Bertz CT molecular complexity index is 959. The highest BCUT2D eigenvalue weighted by Gasteiger charge is 2.45. The molecule has 8 nitrogen and oxygen atoms in total. The van der Waals surface area contributed by atoms with Crippen LogP contribution in [0.3, 0.4) is 0 Å². The monoisotopic (exact) mass is 532 g/mol. The molecular formula is C30H44O8. The lowest BCUT2D eigenvalue weighted by atomic mass is 9.92. The van der Waals surface area contributed by atoms with E-state index in [9.17, 15) is 24.6 Å². The van der Waals surface area contributed by atoms with E-state index in [0.717, 1.165) is 12.0 Å². The fourth-order valence-corrected chi connectivity index (χ4v) is 4.58. The van der Waals surface area contributed by atoms with Crippen molar-refractivity contribution < 1.29 is 38.8 Å². The van der Waals surface area contributed by atoms with Crippen LogP contribution in [0.5, 0.6) is 0 Å². The van der Waals surface area contributed by atoms with Crippen molar-refractivity contribution >= 4 is 17.7 Å². The Morgan fingerprint density at radius 2 is 1.92 bits per heavy atom. The fourth-order valence-electron chi connectivity index (χ4n) is 4.58. The first-order chi connectivity index (χ1) is 17.7. The van der Waals surface area contributed by atoms with Gasteiger partial charge in [-0.1, -0.05) is 64.2 Å². The van der Waals surface area contributed by atoms with Crippen molar-refractivity contribution in [2.45, 2.75) is 104 Å². The summed E-state index contributed by atoms with van der Waals surface area (Å²) in [5.41, 5.74) is -0.795. The topological polar surface area (TPSA) is 123 Å². The van der Waals surface area contributed by atoms with Gasteiger partial charge in [-0.25, -0.2) is 0 Å². The van der Waals surface area contributed by atoms with Gasteiger partial charge in [0.05, 0.1) is 24.7 Å². The van der Waals surface area contributed by atoms with Gasteiger partial charge in [0, 0.05) is 25.2 Å². The molecular weight excluding hydrogens is 488 g/mol. The molecule has 0 aromatic carbocycles. The van der Waals surface area contributed by atoms with Gasteiger partial charge in [-0.3, -0.25) is 14.4 Å². The van der Waals surface area contributed by atoms with Gasteiger partial charge in [0.1, 0.15) is 17.5 Å². The minimum absolute atomic E-state index is 0.000583. The molecule has 2 aliphatic heterocycles. The second-order valence-corrected chi connectivity index (χ2v) is 10.8. The first kappa shape index (κ1) is 31.7. The largest absolute Gasteiger partial charge is 0.457 e. The summed E-state index contributed by atoms with van der Waals surface area (Å²) < 4.78 is 16.8. The van der Waals surface area contributed by atoms with E-state index in [4.69, 9.17) is 14.2 Å². The zero-order chi connectivity index (χ0) is 28.6. The fraction of sp³-hybridized carbons (Fsp3) is 0.633. The number of hydrogen-bond acceptors (Lipinski definition) is 8. The molecule has 1 fully saturated rings. The van der Waals surface area contributed by atoms with Crippen molar-refractivity contribution in [1.29, 1.82) is 0 Å².